The van der Waals surface area contributed by atoms with Gasteiger partial charge in [-0.25, -0.2) is 0 Å². The van der Waals surface area contributed by atoms with Gasteiger partial charge in [0.25, 0.3) is 0 Å². The van der Waals surface area contributed by atoms with E-state index in [0.29, 0.717) is 0 Å². The minimum Gasteiger partial charge on any atom is -0.356 e. The van der Waals surface area contributed by atoms with Crippen molar-refractivity contribution in [2.24, 2.45) is 4.99 Å². The molecule has 7 heteroatoms. The van der Waals surface area contributed by atoms with Gasteiger partial charge in [0.2, 0.25) is 0 Å². The first kappa shape index (κ1) is 20.3. The highest BCUT2D eigenvalue weighted by Gasteiger charge is 2.02. The maximum atomic E-state index is 5.99. The summed E-state index contributed by atoms with van der Waals surface area (Å²) in [7, 11) is 1.78. The molecule has 0 saturated carbocycles. The quantitative estimate of drug-likeness (QED) is 0.275. The van der Waals surface area contributed by atoms with Crippen LogP contribution in [-0.4, -0.2) is 38.1 Å². The molecule has 0 bridgehead atoms. The van der Waals surface area contributed by atoms with Crippen molar-refractivity contribution < 1.29 is 0 Å². The Hall–Kier alpha value is 0.340. The van der Waals surface area contributed by atoms with Crippen molar-refractivity contribution in [3.05, 3.63) is 33.3 Å². The van der Waals surface area contributed by atoms with E-state index in [0.717, 1.165) is 40.7 Å². The van der Waals surface area contributed by atoms with Crippen LogP contribution in [0.15, 0.2) is 27.7 Å². The van der Waals surface area contributed by atoms with Crippen molar-refractivity contribution in [2.75, 3.05) is 32.1 Å². The van der Waals surface area contributed by atoms with Gasteiger partial charge in [0.1, 0.15) is 0 Å². The van der Waals surface area contributed by atoms with Crippen molar-refractivity contribution in [1.82, 2.24) is 10.6 Å². The third-order valence-electron chi connectivity index (χ3n) is 2.52. The first-order valence-electron chi connectivity index (χ1n) is 6.04. The molecule has 1 rings (SSSR count). The number of benzene rings is 1. The lowest BCUT2D eigenvalue weighted by Crippen LogP contribution is -2.39. The number of hydrogen-bond acceptors (Lipinski definition) is 2. The Kier molecular flexibility index (Phi) is 12.1. The van der Waals surface area contributed by atoms with Crippen LogP contribution >= 0.6 is 63.3 Å². The first-order valence-corrected chi connectivity index (χ1v) is 8.61. The Balaban J connectivity index is 0.00000361. The molecule has 0 radical (unpaired) electrons. The number of halogens is 3. The largest absolute Gasteiger partial charge is 0.356 e. The van der Waals surface area contributed by atoms with E-state index >= 15 is 0 Å². The summed E-state index contributed by atoms with van der Waals surface area (Å²) >= 11 is 11.3. The smallest absolute Gasteiger partial charge is 0.191 e. The third kappa shape index (κ3) is 7.95. The predicted octanol–water partition coefficient (Wildman–Crippen LogP) is 3.79. The lowest BCUT2D eigenvalue weighted by atomic mass is 10.1. The van der Waals surface area contributed by atoms with Gasteiger partial charge in [-0.2, -0.15) is 11.8 Å². The number of thioether (sulfide) groups is 1. The van der Waals surface area contributed by atoms with E-state index in [1.54, 1.807) is 7.05 Å². The molecule has 0 aliphatic carbocycles. The van der Waals surface area contributed by atoms with Gasteiger partial charge in [-0.05, 0) is 36.4 Å². The first-order chi connectivity index (χ1) is 9.17. The van der Waals surface area contributed by atoms with Gasteiger partial charge in [-0.15, -0.1) is 24.0 Å². The van der Waals surface area contributed by atoms with Crippen LogP contribution in [0.1, 0.15) is 5.56 Å². The summed E-state index contributed by atoms with van der Waals surface area (Å²) in [5, 5.41) is 7.32. The zero-order valence-electron chi connectivity index (χ0n) is 11.6. The van der Waals surface area contributed by atoms with Crippen LogP contribution in [0.5, 0.6) is 0 Å². The minimum atomic E-state index is 0. The molecular weight excluding hydrogens is 472 g/mol. The van der Waals surface area contributed by atoms with Crippen LogP contribution in [0.3, 0.4) is 0 Å². The molecule has 0 aliphatic rings. The van der Waals surface area contributed by atoms with Crippen LogP contribution < -0.4 is 10.6 Å². The summed E-state index contributed by atoms with van der Waals surface area (Å²) in [5.74, 6) is 1.91. The van der Waals surface area contributed by atoms with Crippen LogP contribution in [0.2, 0.25) is 5.02 Å². The van der Waals surface area contributed by atoms with Crippen LogP contribution in [-0.2, 0) is 6.42 Å². The monoisotopic (exact) mass is 491 g/mol. The van der Waals surface area contributed by atoms with E-state index in [2.05, 4.69) is 37.8 Å². The summed E-state index contributed by atoms with van der Waals surface area (Å²) in [5.41, 5.74) is 1.19. The zero-order valence-corrected chi connectivity index (χ0v) is 17.1. The van der Waals surface area contributed by atoms with Crippen molar-refractivity contribution in [1.29, 1.82) is 0 Å². The average molecular weight is 493 g/mol. The van der Waals surface area contributed by atoms with Crippen LogP contribution in [0.4, 0.5) is 0 Å². The SMILES string of the molecule is CN=C(NCCSC)NCCc1cc(Cl)ccc1Br.I. The standard InChI is InChI=1S/C13H19BrClN3S.HI/c1-16-13(18-7-8-19-2)17-6-5-10-9-11(15)3-4-12(10)14;/h3-4,9H,5-8H2,1-2H3,(H2,16,17,18);1H. The topological polar surface area (TPSA) is 36.4 Å². The molecule has 0 unspecified atom stereocenters. The van der Waals surface area contributed by atoms with Gasteiger partial charge in [-0.1, -0.05) is 27.5 Å². The fourth-order valence-corrected chi connectivity index (χ4v) is 2.49. The molecule has 0 aliphatic heterocycles. The number of hydrogen-bond donors (Lipinski definition) is 2. The van der Waals surface area contributed by atoms with Gasteiger partial charge < -0.3 is 10.6 Å². The Labute approximate surface area is 155 Å². The molecule has 3 nitrogen and oxygen atoms in total. The van der Waals surface area contributed by atoms with E-state index in [1.807, 2.05) is 30.0 Å². The van der Waals surface area contributed by atoms with Crippen molar-refractivity contribution in [3.63, 3.8) is 0 Å². The Morgan fingerprint density at radius 3 is 2.70 bits per heavy atom. The third-order valence-corrected chi connectivity index (χ3v) is 4.14. The molecule has 1 aromatic carbocycles. The summed E-state index contributed by atoms with van der Waals surface area (Å²) < 4.78 is 1.09. The second-order valence-electron chi connectivity index (χ2n) is 3.90. The molecule has 0 aromatic heterocycles. The Morgan fingerprint density at radius 2 is 2.05 bits per heavy atom. The number of aliphatic imine (C=N–C) groups is 1. The highest BCUT2D eigenvalue weighted by atomic mass is 127. The highest BCUT2D eigenvalue weighted by Crippen LogP contribution is 2.21. The molecule has 0 atom stereocenters. The van der Waals surface area contributed by atoms with Crippen LogP contribution in [0.25, 0.3) is 0 Å². The Morgan fingerprint density at radius 1 is 1.35 bits per heavy atom. The van der Waals surface area contributed by atoms with E-state index in [-0.39, 0.29) is 24.0 Å². The summed E-state index contributed by atoms with van der Waals surface area (Å²) in [6.07, 6.45) is 2.99. The molecule has 0 fully saturated rings. The molecule has 2 N–H and O–H groups in total. The van der Waals surface area contributed by atoms with Crippen molar-refractivity contribution in [3.8, 4) is 0 Å². The lowest BCUT2D eigenvalue weighted by Gasteiger charge is -2.12. The van der Waals surface area contributed by atoms with Crippen molar-refractivity contribution >= 4 is 69.2 Å². The lowest BCUT2D eigenvalue weighted by molar-refractivity contribution is 0.810. The number of nitrogens with zero attached hydrogens (tertiary/aromatic N) is 1. The summed E-state index contributed by atoms with van der Waals surface area (Å²) in [6, 6.07) is 5.84. The zero-order chi connectivity index (χ0) is 14.1. The molecule has 0 saturated heterocycles. The molecule has 1 aromatic rings. The maximum absolute atomic E-state index is 5.99. The van der Waals surface area contributed by atoms with Gasteiger partial charge in [-0.3, -0.25) is 4.99 Å². The van der Waals surface area contributed by atoms with Gasteiger partial charge >= 0.3 is 0 Å². The van der Waals surface area contributed by atoms with Gasteiger partial charge in [0.15, 0.2) is 5.96 Å². The fourth-order valence-electron chi connectivity index (χ4n) is 1.54. The van der Waals surface area contributed by atoms with Gasteiger partial charge in [0, 0.05) is 35.4 Å². The number of nitrogens with one attached hydrogen (secondary N) is 2. The van der Waals surface area contributed by atoms with Crippen LogP contribution in [0, 0.1) is 0 Å². The minimum absolute atomic E-state index is 0. The van der Waals surface area contributed by atoms with E-state index in [4.69, 9.17) is 11.6 Å². The van der Waals surface area contributed by atoms with E-state index in [1.165, 1.54) is 5.56 Å². The Bertz CT molecular complexity index is 432. The second kappa shape index (κ2) is 11.9. The predicted molar refractivity (Wildman–Crippen MR) is 106 cm³/mol. The molecular formula is C13H20BrClIN3S. The highest BCUT2D eigenvalue weighted by molar-refractivity contribution is 14.0. The normalized spacial score (nSPS) is 10.9. The molecule has 20 heavy (non-hydrogen) atoms. The molecule has 0 amide bonds. The molecule has 114 valence electrons. The van der Waals surface area contributed by atoms with E-state index < -0.39 is 0 Å². The average Bonchev–Trinajstić information content (AvgIpc) is 2.41. The molecule has 0 spiro atoms. The fraction of sp³-hybridized carbons (Fsp3) is 0.462. The molecule has 0 heterocycles. The summed E-state index contributed by atoms with van der Waals surface area (Å²) in [4.78, 5) is 4.18. The van der Waals surface area contributed by atoms with Gasteiger partial charge in [0.05, 0.1) is 0 Å². The second-order valence-corrected chi connectivity index (χ2v) is 6.18. The number of guanidine groups is 1. The number of rotatable bonds is 6. The van der Waals surface area contributed by atoms with E-state index in [9.17, 15) is 0 Å². The van der Waals surface area contributed by atoms with Crippen molar-refractivity contribution in [2.45, 2.75) is 6.42 Å². The maximum Gasteiger partial charge on any atom is 0.191 e. The summed E-state index contributed by atoms with van der Waals surface area (Å²) in [6.45, 7) is 1.74.